The van der Waals surface area contributed by atoms with Crippen LogP contribution in [0.15, 0.2) is 134 Å². The summed E-state index contributed by atoms with van der Waals surface area (Å²) in [6.45, 7) is 6.33. The zero-order valence-corrected chi connectivity index (χ0v) is 53.5. The molecule has 0 bridgehead atoms. The van der Waals surface area contributed by atoms with Gasteiger partial charge in [-0.05, 0) is 96.3 Å². The molecule has 0 radical (unpaired) electrons. The molecule has 0 spiro atoms. The first-order valence-electron chi connectivity index (χ1n) is 34.2. The Hall–Kier alpha value is -4.45. The van der Waals surface area contributed by atoms with E-state index in [9.17, 15) is 14.4 Å². The summed E-state index contributed by atoms with van der Waals surface area (Å²) in [5, 5.41) is 0. The van der Waals surface area contributed by atoms with Gasteiger partial charge in [-0.15, -0.1) is 0 Å². The molecule has 0 aliphatic rings. The minimum absolute atomic E-state index is 0.128. The quantitative estimate of drug-likeness (QED) is 0.0261. The normalized spacial score (nSPS) is 13.0. The summed E-state index contributed by atoms with van der Waals surface area (Å²) in [5.41, 5.74) is 0. The lowest BCUT2D eigenvalue weighted by Gasteiger charge is -2.18. The Morgan fingerprint density at radius 3 is 0.793 bits per heavy atom. The molecule has 1 atom stereocenters. The Morgan fingerprint density at radius 2 is 0.500 bits per heavy atom. The van der Waals surface area contributed by atoms with E-state index in [0.29, 0.717) is 19.3 Å². The van der Waals surface area contributed by atoms with E-state index in [1.807, 2.05) is 12.2 Å². The first-order chi connectivity index (χ1) is 40.5. The van der Waals surface area contributed by atoms with Crippen LogP contribution in [0.2, 0.25) is 0 Å². The average molecular weight is 1140 g/mol. The van der Waals surface area contributed by atoms with E-state index < -0.39 is 12.1 Å². The number of rotatable bonds is 61. The largest absolute Gasteiger partial charge is 0.462 e. The van der Waals surface area contributed by atoms with Crippen molar-refractivity contribution < 1.29 is 28.6 Å². The molecule has 0 saturated carbocycles. The van der Waals surface area contributed by atoms with Gasteiger partial charge in [0.05, 0.1) is 0 Å². The van der Waals surface area contributed by atoms with Gasteiger partial charge in [0.1, 0.15) is 13.2 Å². The Balaban J connectivity index is 4.42. The van der Waals surface area contributed by atoms with Crippen LogP contribution in [-0.2, 0) is 28.6 Å². The molecule has 82 heavy (non-hydrogen) atoms. The van der Waals surface area contributed by atoms with Crippen molar-refractivity contribution in [1.29, 1.82) is 0 Å². The van der Waals surface area contributed by atoms with E-state index >= 15 is 0 Å². The Labute approximate surface area is 506 Å². The molecular weight excluding hydrogens is 1010 g/mol. The summed E-state index contributed by atoms with van der Waals surface area (Å²) in [7, 11) is 0. The van der Waals surface area contributed by atoms with Crippen LogP contribution in [-0.4, -0.2) is 37.2 Å². The first kappa shape index (κ1) is 77.5. The molecule has 0 amide bonds. The molecular formula is C76H126O6. The number of allylic oxidation sites excluding steroid dienone is 22. The van der Waals surface area contributed by atoms with E-state index in [1.165, 1.54) is 161 Å². The van der Waals surface area contributed by atoms with Gasteiger partial charge in [0.15, 0.2) is 6.10 Å². The van der Waals surface area contributed by atoms with Crippen LogP contribution < -0.4 is 0 Å². The number of hydrogen-bond donors (Lipinski definition) is 0. The molecule has 0 aromatic rings. The van der Waals surface area contributed by atoms with E-state index in [0.717, 1.165) is 96.3 Å². The summed E-state index contributed by atoms with van der Waals surface area (Å²) >= 11 is 0. The molecule has 1 unspecified atom stereocenters. The SMILES string of the molecule is CC/C=C\C/C=C\C/C=C\C/C=C\C/C=C\C/C=C\CCC(=O)OC(COC(=O)CCC/C=C\C/C=C\C/C=C\C/C=C\C/C=C\CC)COC(=O)CCCCCCCCCCCCCCCCCCCCCCCCCCCCCC. The predicted molar refractivity (Wildman–Crippen MR) is 357 cm³/mol. The van der Waals surface area contributed by atoms with Crippen molar-refractivity contribution in [2.75, 3.05) is 13.2 Å². The standard InChI is InChI=1S/C76H126O6/c1-4-7-10-13-16-19-22-25-28-31-33-34-35-36-37-38-39-40-41-43-45-48-51-54-57-60-63-66-69-75(78)81-72-73(71-80-74(77)68-65-62-59-56-53-50-47-44-30-27-24-21-18-15-12-9-6-3)82-76(79)70-67-64-61-58-55-52-49-46-42-32-29-26-23-20-17-14-11-8-5-2/h8-9,11-12,17-18,20-21,26-27,29-30,42,46-47,50,52,55-56,59,61,64,73H,4-7,10,13-16,19,22-25,28,31-41,43-45,48-49,51,53-54,57-58,60,62-63,65-72H2,1-3H3/b11-8-,12-9-,20-17-,21-18-,29-26-,30-27-,46-42-,50-47-,55-52-,59-56-,64-61-. The zero-order valence-electron chi connectivity index (χ0n) is 53.5. The van der Waals surface area contributed by atoms with Crippen molar-refractivity contribution in [3.63, 3.8) is 0 Å². The van der Waals surface area contributed by atoms with Crippen LogP contribution in [0.4, 0.5) is 0 Å². The fourth-order valence-corrected chi connectivity index (χ4v) is 9.39. The lowest BCUT2D eigenvalue weighted by molar-refractivity contribution is -0.166. The van der Waals surface area contributed by atoms with Crippen LogP contribution >= 0.6 is 0 Å². The predicted octanol–water partition coefficient (Wildman–Crippen LogP) is 23.7. The molecule has 0 rings (SSSR count). The van der Waals surface area contributed by atoms with Crippen molar-refractivity contribution in [1.82, 2.24) is 0 Å². The molecule has 6 nitrogen and oxygen atoms in total. The maximum atomic E-state index is 12.9. The molecule has 0 aromatic carbocycles. The highest BCUT2D eigenvalue weighted by Gasteiger charge is 2.19. The first-order valence-corrected chi connectivity index (χ1v) is 34.2. The van der Waals surface area contributed by atoms with E-state index in [-0.39, 0.29) is 38.0 Å². The highest BCUT2D eigenvalue weighted by atomic mass is 16.6. The smallest absolute Gasteiger partial charge is 0.306 e. The zero-order chi connectivity index (χ0) is 59.2. The summed E-state index contributed by atoms with van der Waals surface area (Å²) < 4.78 is 16.8. The second-order valence-electron chi connectivity index (χ2n) is 22.3. The van der Waals surface area contributed by atoms with Gasteiger partial charge in [-0.2, -0.15) is 0 Å². The van der Waals surface area contributed by atoms with Crippen LogP contribution in [0.3, 0.4) is 0 Å². The van der Waals surface area contributed by atoms with Crippen LogP contribution in [0.1, 0.15) is 310 Å². The van der Waals surface area contributed by atoms with E-state index in [1.54, 1.807) is 0 Å². The number of carbonyl (C=O) groups is 3. The molecule has 0 fully saturated rings. The molecule has 0 aliphatic heterocycles. The third kappa shape index (κ3) is 66.4. The summed E-state index contributed by atoms with van der Waals surface area (Å²) in [4.78, 5) is 38.3. The van der Waals surface area contributed by atoms with Gasteiger partial charge in [0.25, 0.3) is 0 Å². The van der Waals surface area contributed by atoms with Gasteiger partial charge in [0.2, 0.25) is 0 Å². The maximum absolute atomic E-state index is 12.9. The second kappa shape index (κ2) is 69.0. The van der Waals surface area contributed by atoms with Crippen molar-refractivity contribution in [2.24, 2.45) is 0 Å². The van der Waals surface area contributed by atoms with Gasteiger partial charge in [0, 0.05) is 19.3 Å². The van der Waals surface area contributed by atoms with Crippen molar-refractivity contribution in [3.05, 3.63) is 134 Å². The molecule has 0 heterocycles. The Bertz CT molecular complexity index is 1730. The number of ether oxygens (including phenoxy) is 3. The van der Waals surface area contributed by atoms with E-state index in [2.05, 4.69) is 142 Å². The Kier molecular flexibility index (Phi) is 65.3. The molecule has 0 aromatic heterocycles. The lowest BCUT2D eigenvalue weighted by Crippen LogP contribution is -2.30. The monoisotopic (exact) mass is 1130 g/mol. The topological polar surface area (TPSA) is 78.9 Å². The van der Waals surface area contributed by atoms with Crippen LogP contribution in [0.25, 0.3) is 0 Å². The fraction of sp³-hybridized carbons (Fsp3) is 0.671. The summed E-state index contributed by atoms with van der Waals surface area (Å²) in [6.07, 6.45) is 97.9. The number of esters is 3. The van der Waals surface area contributed by atoms with Crippen molar-refractivity contribution >= 4 is 17.9 Å². The molecule has 0 saturated heterocycles. The second-order valence-corrected chi connectivity index (χ2v) is 22.3. The van der Waals surface area contributed by atoms with Gasteiger partial charge >= 0.3 is 17.9 Å². The number of carbonyl (C=O) groups excluding carboxylic acids is 3. The van der Waals surface area contributed by atoms with Gasteiger partial charge in [-0.1, -0.05) is 328 Å². The van der Waals surface area contributed by atoms with Gasteiger partial charge in [-0.25, -0.2) is 0 Å². The third-order valence-electron chi connectivity index (χ3n) is 14.4. The number of hydrogen-bond acceptors (Lipinski definition) is 6. The van der Waals surface area contributed by atoms with Crippen LogP contribution in [0, 0.1) is 0 Å². The molecule has 0 aliphatic carbocycles. The van der Waals surface area contributed by atoms with Crippen molar-refractivity contribution in [3.8, 4) is 0 Å². The van der Waals surface area contributed by atoms with E-state index in [4.69, 9.17) is 14.2 Å². The van der Waals surface area contributed by atoms with Gasteiger partial charge in [-0.3, -0.25) is 14.4 Å². The average Bonchev–Trinajstić information content (AvgIpc) is 3.47. The van der Waals surface area contributed by atoms with Crippen molar-refractivity contribution in [2.45, 2.75) is 316 Å². The highest BCUT2D eigenvalue weighted by molar-refractivity contribution is 5.71. The maximum Gasteiger partial charge on any atom is 0.306 e. The summed E-state index contributed by atoms with van der Waals surface area (Å²) in [6, 6.07) is 0. The highest BCUT2D eigenvalue weighted by Crippen LogP contribution is 2.17. The minimum Gasteiger partial charge on any atom is -0.462 e. The van der Waals surface area contributed by atoms with Gasteiger partial charge < -0.3 is 14.2 Å². The molecule has 6 heteroatoms. The number of unbranched alkanes of at least 4 members (excludes halogenated alkanes) is 28. The summed E-state index contributed by atoms with van der Waals surface area (Å²) in [5.74, 6) is -1.07. The lowest BCUT2D eigenvalue weighted by atomic mass is 10.0. The fourth-order valence-electron chi connectivity index (χ4n) is 9.39. The third-order valence-corrected chi connectivity index (χ3v) is 14.4. The molecule has 466 valence electrons. The molecule has 0 N–H and O–H groups in total. The minimum atomic E-state index is -0.847. The Morgan fingerprint density at radius 1 is 0.256 bits per heavy atom. The van der Waals surface area contributed by atoms with Crippen LogP contribution in [0.5, 0.6) is 0 Å².